The van der Waals surface area contributed by atoms with Crippen molar-refractivity contribution in [3.05, 3.63) is 65.5 Å². The number of alkyl halides is 3. The molecule has 1 saturated heterocycles. The molecule has 0 radical (unpaired) electrons. The summed E-state index contributed by atoms with van der Waals surface area (Å²) < 4.78 is 45.1. The highest BCUT2D eigenvalue weighted by Crippen LogP contribution is 2.36. The number of nitrogens with zero attached hydrogens (tertiary/aromatic N) is 3. The monoisotopic (exact) mass is 462 g/mol. The first-order chi connectivity index (χ1) is 15.4. The molecule has 1 fully saturated rings. The van der Waals surface area contributed by atoms with Crippen molar-refractivity contribution in [2.75, 3.05) is 29.1 Å². The minimum Gasteiger partial charge on any atom is -0.416 e. The number of hydrogen-bond acceptors (Lipinski definition) is 6. The van der Waals surface area contributed by atoms with E-state index in [0.717, 1.165) is 55.4 Å². The minimum absolute atomic E-state index is 0.0668. The molecule has 1 aliphatic rings. The molecule has 0 saturated carbocycles. The van der Waals surface area contributed by atoms with Gasteiger partial charge in [-0.2, -0.15) is 13.2 Å². The number of anilines is 2. The van der Waals surface area contributed by atoms with E-state index in [4.69, 9.17) is 4.42 Å². The van der Waals surface area contributed by atoms with Gasteiger partial charge in [-0.1, -0.05) is 42.1 Å². The van der Waals surface area contributed by atoms with Gasteiger partial charge in [0.05, 0.1) is 29.1 Å². The number of aromatic nitrogens is 2. The summed E-state index contributed by atoms with van der Waals surface area (Å²) in [4.78, 5) is 14.5. The van der Waals surface area contributed by atoms with E-state index in [1.165, 1.54) is 6.07 Å². The lowest BCUT2D eigenvalue weighted by Crippen LogP contribution is -2.22. The standard InChI is InChI=1S/C22H21F3N4O2S/c23-22(24,25)16-8-9-18(29-10-4-5-11-29)17(13-16)26-19(30)14-32-21-28-27-20(31-21)12-15-6-2-1-3-7-15/h1-3,6-9,13H,4-5,10-12,14H2,(H,26,30). The van der Waals surface area contributed by atoms with Crippen LogP contribution in [0, 0.1) is 0 Å². The lowest BCUT2D eigenvalue weighted by atomic mass is 10.1. The van der Waals surface area contributed by atoms with Gasteiger partial charge in [-0.3, -0.25) is 4.79 Å². The summed E-state index contributed by atoms with van der Waals surface area (Å²) in [7, 11) is 0. The van der Waals surface area contributed by atoms with Gasteiger partial charge in [0.25, 0.3) is 5.22 Å². The number of thioether (sulfide) groups is 1. The van der Waals surface area contributed by atoms with Gasteiger partial charge in [-0.25, -0.2) is 0 Å². The highest BCUT2D eigenvalue weighted by atomic mass is 32.2. The van der Waals surface area contributed by atoms with Gasteiger partial charge in [0, 0.05) is 13.1 Å². The van der Waals surface area contributed by atoms with Crippen molar-refractivity contribution >= 4 is 29.0 Å². The zero-order valence-electron chi connectivity index (χ0n) is 17.1. The number of rotatable bonds is 7. The van der Waals surface area contributed by atoms with E-state index in [-0.39, 0.29) is 16.7 Å². The third-order valence-electron chi connectivity index (χ3n) is 5.02. The number of benzene rings is 2. The van der Waals surface area contributed by atoms with E-state index in [0.29, 0.717) is 18.0 Å². The third kappa shape index (κ3) is 5.61. The Balaban J connectivity index is 1.40. The Morgan fingerprint density at radius 2 is 1.84 bits per heavy atom. The van der Waals surface area contributed by atoms with Gasteiger partial charge < -0.3 is 14.6 Å². The molecule has 168 valence electrons. The topological polar surface area (TPSA) is 71.3 Å². The predicted octanol–water partition coefficient (Wildman–Crippen LogP) is 5.01. The largest absolute Gasteiger partial charge is 0.416 e. The maximum Gasteiger partial charge on any atom is 0.416 e. The smallest absolute Gasteiger partial charge is 0.416 e. The maximum atomic E-state index is 13.2. The van der Waals surface area contributed by atoms with Crippen molar-refractivity contribution in [2.45, 2.75) is 30.7 Å². The summed E-state index contributed by atoms with van der Waals surface area (Å²) in [5.74, 6) is -0.0891. The van der Waals surface area contributed by atoms with Crippen molar-refractivity contribution in [3.8, 4) is 0 Å². The zero-order chi connectivity index (χ0) is 22.6. The average Bonchev–Trinajstić information content (AvgIpc) is 3.45. The molecule has 1 amide bonds. The fourth-order valence-electron chi connectivity index (χ4n) is 3.50. The van der Waals surface area contributed by atoms with Crippen molar-refractivity contribution in [3.63, 3.8) is 0 Å². The Morgan fingerprint density at radius 3 is 2.56 bits per heavy atom. The van der Waals surface area contributed by atoms with E-state index in [9.17, 15) is 18.0 Å². The molecule has 0 atom stereocenters. The van der Waals surface area contributed by atoms with E-state index in [1.807, 2.05) is 35.2 Å². The summed E-state index contributed by atoms with van der Waals surface area (Å²) >= 11 is 1.04. The normalized spacial score (nSPS) is 14.0. The lowest BCUT2D eigenvalue weighted by molar-refractivity contribution is -0.137. The molecule has 4 rings (SSSR count). The van der Waals surface area contributed by atoms with Crippen LogP contribution < -0.4 is 10.2 Å². The van der Waals surface area contributed by atoms with Crippen LogP contribution >= 0.6 is 11.8 Å². The van der Waals surface area contributed by atoms with E-state index >= 15 is 0 Å². The number of amides is 1. The Morgan fingerprint density at radius 1 is 1.09 bits per heavy atom. The van der Waals surface area contributed by atoms with Gasteiger partial charge in [-0.15, -0.1) is 10.2 Å². The first kappa shape index (κ1) is 22.2. The maximum absolute atomic E-state index is 13.2. The van der Waals surface area contributed by atoms with E-state index < -0.39 is 17.6 Å². The molecule has 0 unspecified atom stereocenters. The first-order valence-electron chi connectivity index (χ1n) is 10.1. The van der Waals surface area contributed by atoms with Gasteiger partial charge in [0.15, 0.2) is 0 Å². The second-order valence-electron chi connectivity index (χ2n) is 7.38. The van der Waals surface area contributed by atoms with Crippen LogP contribution in [0.4, 0.5) is 24.5 Å². The second kappa shape index (κ2) is 9.64. The Kier molecular flexibility index (Phi) is 6.69. The summed E-state index contributed by atoms with van der Waals surface area (Å²) in [5.41, 5.74) is 0.967. The van der Waals surface area contributed by atoms with Gasteiger partial charge in [0.2, 0.25) is 11.8 Å². The van der Waals surface area contributed by atoms with Crippen LogP contribution in [0.25, 0.3) is 0 Å². The molecule has 2 aromatic carbocycles. The molecule has 1 aromatic heterocycles. The molecular formula is C22H21F3N4O2S. The van der Waals surface area contributed by atoms with Gasteiger partial charge >= 0.3 is 6.18 Å². The van der Waals surface area contributed by atoms with Crippen LogP contribution in [-0.2, 0) is 17.4 Å². The lowest BCUT2D eigenvalue weighted by Gasteiger charge is -2.22. The highest BCUT2D eigenvalue weighted by molar-refractivity contribution is 7.99. The molecule has 1 N–H and O–H groups in total. The molecule has 6 nitrogen and oxygen atoms in total. The molecule has 0 aliphatic carbocycles. The second-order valence-corrected chi connectivity index (χ2v) is 8.31. The number of carbonyl (C=O) groups is 1. The highest BCUT2D eigenvalue weighted by Gasteiger charge is 2.32. The number of carbonyl (C=O) groups excluding carboxylic acids is 1. The van der Waals surface area contributed by atoms with Crippen molar-refractivity contribution in [2.24, 2.45) is 0 Å². The summed E-state index contributed by atoms with van der Waals surface area (Å²) in [5, 5.41) is 10.8. The molecule has 0 bridgehead atoms. The molecule has 10 heteroatoms. The van der Waals surface area contributed by atoms with Crippen LogP contribution in [0.1, 0.15) is 29.9 Å². The van der Waals surface area contributed by atoms with Gasteiger partial charge in [-0.05, 0) is 36.6 Å². The Bertz CT molecular complexity index is 1070. The van der Waals surface area contributed by atoms with Crippen LogP contribution in [0.5, 0.6) is 0 Å². The average molecular weight is 462 g/mol. The molecular weight excluding hydrogens is 441 g/mol. The van der Waals surface area contributed by atoms with Crippen molar-refractivity contribution < 1.29 is 22.4 Å². The number of nitrogens with one attached hydrogen (secondary N) is 1. The number of halogens is 3. The van der Waals surface area contributed by atoms with Crippen LogP contribution in [0.15, 0.2) is 58.2 Å². The summed E-state index contributed by atoms with van der Waals surface area (Å²) in [6, 6.07) is 13.1. The van der Waals surface area contributed by atoms with Crippen LogP contribution in [0.2, 0.25) is 0 Å². The van der Waals surface area contributed by atoms with E-state index in [1.54, 1.807) is 0 Å². The van der Waals surface area contributed by atoms with E-state index in [2.05, 4.69) is 15.5 Å². The third-order valence-corrected chi connectivity index (χ3v) is 5.84. The molecule has 0 spiro atoms. The van der Waals surface area contributed by atoms with Crippen molar-refractivity contribution in [1.29, 1.82) is 0 Å². The fraction of sp³-hybridized carbons (Fsp3) is 0.318. The quantitative estimate of drug-likeness (QED) is 0.498. The number of hydrogen-bond donors (Lipinski definition) is 1. The molecule has 32 heavy (non-hydrogen) atoms. The zero-order valence-corrected chi connectivity index (χ0v) is 17.9. The van der Waals surface area contributed by atoms with Crippen LogP contribution in [0.3, 0.4) is 0 Å². The van der Waals surface area contributed by atoms with Crippen LogP contribution in [-0.4, -0.2) is 34.9 Å². The molecule has 1 aliphatic heterocycles. The SMILES string of the molecule is O=C(CSc1nnc(Cc2ccccc2)o1)Nc1cc(C(F)(F)F)ccc1N1CCCC1. The first-order valence-corrected chi connectivity index (χ1v) is 11.1. The fourth-order valence-corrected chi connectivity index (χ4v) is 4.08. The summed E-state index contributed by atoms with van der Waals surface area (Å²) in [6.45, 7) is 1.49. The Hall–Kier alpha value is -3.01. The van der Waals surface area contributed by atoms with Gasteiger partial charge in [0.1, 0.15) is 0 Å². The minimum atomic E-state index is -4.49. The molecule has 3 aromatic rings. The predicted molar refractivity (Wildman–Crippen MR) is 116 cm³/mol. The Labute approximate surface area is 187 Å². The molecule has 2 heterocycles. The summed E-state index contributed by atoms with van der Waals surface area (Å²) in [6.07, 6.45) is -2.08. The van der Waals surface area contributed by atoms with Crippen molar-refractivity contribution in [1.82, 2.24) is 10.2 Å².